The molecule has 1 aliphatic heterocycles. The third-order valence-corrected chi connectivity index (χ3v) is 5.38. The van der Waals surface area contributed by atoms with E-state index < -0.39 is 10.0 Å². The molecule has 0 unspecified atom stereocenters. The van der Waals surface area contributed by atoms with Gasteiger partial charge in [-0.05, 0) is 36.2 Å². The molecule has 116 valence electrons. The highest BCUT2D eigenvalue weighted by Gasteiger charge is 2.28. The fraction of sp³-hybridized carbons (Fsp3) is 0.267. The molecule has 0 bridgehead atoms. The third-order valence-electron chi connectivity index (χ3n) is 3.41. The Labute approximate surface area is 134 Å². The van der Waals surface area contributed by atoms with E-state index in [2.05, 4.69) is 4.98 Å². The van der Waals surface area contributed by atoms with Gasteiger partial charge in [-0.25, -0.2) is 13.4 Å². The first kappa shape index (κ1) is 15.1. The molecule has 1 aromatic heterocycles. The number of anilines is 1. The van der Waals surface area contributed by atoms with Crippen molar-refractivity contribution >= 4 is 27.3 Å². The lowest BCUT2D eigenvalue weighted by atomic mass is 10.2. The van der Waals surface area contributed by atoms with E-state index >= 15 is 0 Å². The van der Waals surface area contributed by atoms with Gasteiger partial charge in [0.2, 0.25) is 10.0 Å². The standard InChI is InChI=1S/C15H15ClN2O3S/c1-11-2-4-14-13(8-11)18(6-7-21-14)22(19,20)10-12-3-5-15(16)17-9-12/h2-5,8-9H,6-7,10H2,1H3. The molecule has 5 nitrogen and oxygen atoms in total. The van der Waals surface area contributed by atoms with Crippen molar-refractivity contribution in [2.45, 2.75) is 12.7 Å². The van der Waals surface area contributed by atoms with Crippen molar-refractivity contribution < 1.29 is 13.2 Å². The minimum absolute atomic E-state index is 0.120. The molecule has 0 aliphatic carbocycles. The van der Waals surface area contributed by atoms with Crippen molar-refractivity contribution in [3.05, 3.63) is 52.8 Å². The van der Waals surface area contributed by atoms with Crippen molar-refractivity contribution in [3.63, 3.8) is 0 Å². The van der Waals surface area contributed by atoms with Gasteiger partial charge in [-0.2, -0.15) is 0 Å². The summed E-state index contributed by atoms with van der Waals surface area (Å²) in [6.45, 7) is 2.57. The molecule has 1 aromatic carbocycles. The maximum atomic E-state index is 12.7. The van der Waals surface area contributed by atoms with Crippen molar-refractivity contribution in [2.75, 3.05) is 17.5 Å². The lowest BCUT2D eigenvalue weighted by molar-refractivity contribution is 0.315. The summed E-state index contributed by atoms with van der Waals surface area (Å²) in [5, 5.41) is 0.341. The second-order valence-corrected chi connectivity index (χ2v) is 7.42. The van der Waals surface area contributed by atoms with Crippen molar-refractivity contribution in [3.8, 4) is 5.75 Å². The first-order chi connectivity index (χ1) is 10.5. The van der Waals surface area contributed by atoms with Crippen LogP contribution in [0.25, 0.3) is 0 Å². The number of hydrogen-bond donors (Lipinski definition) is 0. The highest BCUT2D eigenvalue weighted by atomic mass is 35.5. The van der Waals surface area contributed by atoms with Crippen LogP contribution in [0.15, 0.2) is 36.5 Å². The van der Waals surface area contributed by atoms with Gasteiger partial charge in [-0.1, -0.05) is 23.7 Å². The highest BCUT2D eigenvalue weighted by Crippen LogP contribution is 2.34. The molecule has 0 amide bonds. The Kier molecular flexibility index (Phi) is 3.97. The van der Waals surface area contributed by atoms with Crippen molar-refractivity contribution in [2.24, 2.45) is 0 Å². The molecule has 3 rings (SSSR count). The van der Waals surface area contributed by atoms with Gasteiger partial charge in [-0.3, -0.25) is 4.31 Å². The molecule has 0 atom stereocenters. The first-order valence-corrected chi connectivity index (χ1v) is 8.79. The van der Waals surface area contributed by atoms with Gasteiger partial charge in [0.25, 0.3) is 0 Å². The number of aryl methyl sites for hydroxylation is 1. The molecular formula is C15H15ClN2O3S. The number of benzene rings is 1. The van der Waals surface area contributed by atoms with E-state index in [0.29, 0.717) is 35.3 Å². The molecule has 0 saturated carbocycles. The van der Waals surface area contributed by atoms with Crippen LogP contribution >= 0.6 is 11.6 Å². The number of pyridine rings is 1. The fourth-order valence-electron chi connectivity index (χ4n) is 2.37. The van der Waals surface area contributed by atoms with E-state index in [9.17, 15) is 8.42 Å². The Bertz CT molecular complexity index is 791. The smallest absolute Gasteiger partial charge is 0.239 e. The molecule has 0 saturated heterocycles. The van der Waals surface area contributed by atoms with Crippen LogP contribution in [0.2, 0.25) is 5.15 Å². The lowest BCUT2D eigenvalue weighted by Gasteiger charge is -2.30. The van der Waals surface area contributed by atoms with Gasteiger partial charge in [0.15, 0.2) is 0 Å². The van der Waals surface area contributed by atoms with Gasteiger partial charge in [0, 0.05) is 6.20 Å². The second-order valence-electron chi connectivity index (χ2n) is 5.14. The predicted molar refractivity (Wildman–Crippen MR) is 85.9 cm³/mol. The molecule has 22 heavy (non-hydrogen) atoms. The minimum atomic E-state index is -3.51. The van der Waals surface area contributed by atoms with Gasteiger partial charge >= 0.3 is 0 Å². The number of rotatable bonds is 3. The van der Waals surface area contributed by atoms with Crippen molar-refractivity contribution in [1.82, 2.24) is 4.98 Å². The molecule has 2 heterocycles. The minimum Gasteiger partial charge on any atom is -0.489 e. The van der Waals surface area contributed by atoms with E-state index in [1.807, 2.05) is 19.1 Å². The van der Waals surface area contributed by atoms with Gasteiger partial charge in [0.05, 0.1) is 18.0 Å². The number of ether oxygens (including phenoxy) is 1. The molecule has 0 spiro atoms. The zero-order valence-corrected chi connectivity index (χ0v) is 13.6. The molecule has 0 N–H and O–H groups in total. The Morgan fingerprint density at radius 3 is 2.86 bits per heavy atom. The topological polar surface area (TPSA) is 59.5 Å². The molecule has 0 radical (unpaired) electrons. The SMILES string of the molecule is Cc1ccc2c(c1)N(S(=O)(=O)Cc1ccc(Cl)nc1)CCO2. The molecule has 7 heteroatoms. The first-order valence-electron chi connectivity index (χ1n) is 6.80. The number of fused-ring (bicyclic) bond motifs is 1. The second kappa shape index (κ2) is 5.78. The number of hydrogen-bond acceptors (Lipinski definition) is 4. The summed E-state index contributed by atoms with van der Waals surface area (Å²) in [6, 6.07) is 8.79. The third kappa shape index (κ3) is 3.03. The molecular weight excluding hydrogens is 324 g/mol. The van der Waals surface area contributed by atoms with Crippen LogP contribution in [-0.2, 0) is 15.8 Å². The predicted octanol–water partition coefficient (Wildman–Crippen LogP) is 2.77. The van der Waals surface area contributed by atoms with Gasteiger partial charge < -0.3 is 4.74 Å². The summed E-state index contributed by atoms with van der Waals surface area (Å²) < 4.78 is 32.4. The van der Waals surface area contributed by atoms with E-state index in [1.165, 1.54) is 10.5 Å². The molecule has 1 aliphatic rings. The zero-order valence-electron chi connectivity index (χ0n) is 12.0. The summed E-state index contributed by atoms with van der Waals surface area (Å²) in [5.41, 5.74) is 2.18. The van der Waals surface area contributed by atoms with Gasteiger partial charge in [0.1, 0.15) is 17.5 Å². The van der Waals surface area contributed by atoms with Crippen LogP contribution in [0.5, 0.6) is 5.75 Å². The lowest BCUT2D eigenvalue weighted by Crippen LogP contribution is -2.38. The summed E-state index contributed by atoms with van der Waals surface area (Å²) in [4.78, 5) is 3.92. The molecule has 0 fully saturated rings. The Morgan fingerprint density at radius 2 is 2.14 bits per heavy atom. The average Bonchev–Trinajstić information content (AvgIpc) is 2.48. The van der Waals surface area contributed by atoms with Crippen LogP contribution < -0.4 is 9.04 Å². The van der Waals surface area contributed by atoms with E-state index in [0.717, 1.165) is 5.56 Å². The van der Waals surface area contributed by atoms with Crippen LogP contribution in [0.1, 0.15) is 11.1 Å². The molecule has 2 aromatic rings. The van der Waals surface area contributed by atoms with Crippen LogP contribution in [0.3, 0.4) is 0 Å². The average molecular weight is 339 g/mol. The van der Waals surface area contributed by atoms with Crippen LogP contribution in [0, 0.1) is 6.92 Å². The maximum absolute atomic E-state index is 12.7. The van der Waals surface area contributed by atoms with Crippen LogP contribution in [0.4, 0.5) is 5.69 Å². The Morgan fingerprint density at radius 1 is 1.32 bits per heavy atom. The zero-order chi connectivity index (χ0) is 15.7. The number of nitrogens with zero attached hydrogens (tertiary/aromatic N) is 2. The van der Waals surface area contributed by atoms with E-state index in [-0.39, 0.29) is 5.75 Å². The maximum Gasteiger partial charge on any atom is 0.239 e. The quantitative estimate of drug-likeness (QED) is 0.807. The summed E-state index contributed by atoms with van der Waals surface area (Å²) in [6.07, 6.45) is 1.48. The number of sulfonamides is 1. The fourth-order valence-corrected chi connectivity index (χ4v) is 4.03. The summed E-state index contributed by atoms with van der Waals surface area (Å²) in [7, 11) is -3.51. The van der Waals surface area contributed by atoms with Crippen molar-refractivity contribution in [1.29, 1.82) is 0 Å². The van der Waals surface area contributed by atoms with E-state index in [4.69, 9.17) is 16.3 Å². The summed E-state index contributed by atoms with van der Waals surface area (Å²) >= 11 is 5.73. The number of halogens is 1. The van der Waals surface area contributed by atoms with Gasteiger partial charge in [-0.15, -0.1) is 0 Å². The monoisotopic (exact) mass is 338 g/mol. The largest absolute Gasteiger partial charge is 0.489 e. The Hall–Kier alpha value is -1.79. The number of aromatic nitrogens is 1. The normalized spacial score (nSPS) is 14.4. The Balaban J connectivity index is 1.93. The summed E-state index contributed by atoms with van der Waals surface area (Å²) in [5.74, 6) is 0.472. The van der Waals surface area contributed by atoms with Crippen LogP contribution in [-0.4, -0.2) is 26.6 Å². The highest BCUT2D eigenvalue weighted by molar-refractivity contribution is 7.92. The van der Waals surface area contributed by atoms with E-state index in [1.54, 1.807) is 18.2 Å².